The predicted molar refractivity (Wildman–Crippen MR) is 76.3 cm³/mol. The van der Waals surface area contributed by atoms with Gasteiger partial charge in [-0.15, -0.1) is 11.3 Å². The van der Waals surface area contributed by atoms with Gasteiger partial charge in [0.05, 0.1) is 10.2 Å². The first kappa shape index (κ1) is 12.6. The molecule has 1 aromatic carbocycles. The van der Waals surface area contributed by atoms with Crippen molar-refractivity contribution in [2.24, 2.45) is 0 Å². The Hall–Kier alpha value is -1.40. The minimum Gasteiger partial charge on any atom is -0.282 e. The molecule has 2 amide bonds. The highest BCUT2D eigenvalue weighted by Gasteiger charge is 2.28. The fraction of sp³-hybridized carbons (Fsp3) is 0.308. The van der Waals surface area contributed by atoms with Gasteiger partial charge in [-0.1, -0.05) is 23.9 Å². The van der Waals surface area contributed by atoms with E-state index in [1.807, 2.05) is 24.3 Å². The van der Waals surface area contributed by atoms with Gasteiger partial charge in [0.25, 0.3) is 0 Å². The molecule has 0 bridgehead atoms. The number of nitrogens with zero attached hydrogens (tertiary/aromatic N) is 2. The third-order valence-electron chi connectivity index (χ3n) is 2.97. The molecule has 0 unspecified atom stereocenters. The summed E-state index contributed by atoms with van der Waals surface area (Å²) in [4.78, 5) is 28.8. The van der Waals surface area contributed by atoms with Crippen LogP contribution in [0.4, 0.5) is 0 Å². The van der Waals surface area contributed by atoms with Gasteiger partial charge in [-0.05, 0) is 12.1 Å². The Bertz CT molecular complexity index is 589. The van der Waals surface area contributed by atoms with Crippen LogP contribution in [0.25, 0.3) is 10.2 Å². The van der Waals surface area contributed by atoms with Gasteiger partial charge >= 0.3 is 0 Å². The molecule has 1 aromatic heterocycles. The van der Waals surface area contributed by atoms with Crippen LogP contribution in [0.1, 0.15) is 12.8 Å². The Kier molecular flexibility index (Phi) is 3.52. The monoisotopic (exact) mass is 292 g/mol. The van der Waals surface area contributed by atoms with E-state index in [-0.39, 0.29) is 11.8 Å². The summed E-state index contributed by atoms with van der Waals surface area (Å²) in [6, 6.07) is 8.00. The minimum absolute atomic E-state index is 0.0464. The van der Waals surface area contributed by atoms with Crippen LogP contribution in [0.15, 0.2) is 28.6 Å². The number of hydrogen-bond donors (Lipinski definition) is 0. The van der Waals surface area contributed by atoms with Crippen LogP contribution >= 0.6 is 23.1 Å². The van der Waals surface area contributed by atoms with Crippen molar-refractivity contribution in [3.05, 3.63) is 24.3 Å². The zero-order chi connectivity index (χ0) is 13.2. The number of carbonyl (C=O) groups excluding carboxylic acids is 2. The van der Waals surface area contributed by atoms with Gasteiger partial charge in [-0.3, -0.25) is 14.5 Å². The Morgan fingerprint density at radius 3 is 2.68 bits per heavy atom. The molecular weight excluding hydrogens is 280 g/mol. The van der Waals surface area contributed by atoms with Crippen LogP contribution in [-0.4, -0.2) is 34.0 Å². The number of likely N-dealkylation sites (tertiary alicyclic amines) is 1. The first-order chi connectivity index (χ1) is 9.24. The fourth-order valence-electron chi connectivity index (χ4n) is 2.01. The van der Waals surface area contributed by atoms with Gasteiger partial charge in [0, 0.05) is 25.1 Å². The lowest BCUT2D eigenvalue weighted by Crippen LogP contribution is -2.31. The van der Waals surface area contributed by atoms with Gasteiger partial charge in [-0.25, -0.2) is 4.98 Å². The molecule has 0 saturated carbocycles. The average Bonchev–Trinajstić information content (AvgIpc) is 2.95. The zero-order valence-corrected chi connectivity index (χ0v) is 11.8. The minimum atomic E-state index is -0.0464. The molecule has 98 valence electrons. The van der Waals surface area contributed by atoms with Crippen LogP contribution in [0.3, 0.4) is 0 Å². The Morgan fingerprint density at radius 1 is 1.21 bits per heavy atom. The molecule has 19 heavy (non-hydrogen) atoms. The number of thioether (sulfide) groups is 1. The summed E-state index contributed by atoms with van der Waals surface area (Å²) in [7, 11) is 0. The summed E-state index contributed by atoms with van der Waals surface area (Å²) in [6.07, 6.45) is 0.731. The molecule has 0 aliphatic carbocycles. The third kappa shape index (κ3) is 2.64. The molecule has 1 aliphatic heterocycles. The van der Waals surface area contributed by atoms with Crippen molar-refractivity contribution in [3.8, 4) is 0 Å². The molecule has 1 saturated heterocycles. The Balaban J connectivity index is 1.60. The first-order valence-electron chi connectivity index (χ1n) is 6.05. The summed E-state index contributed by atoms with van der Waals surface area (Å²) < 4.78 is 2.15. The summed E-state index contributed by atoms with van der Waals surface area (Å²) in [5, 5.41) is 0. The third-order valence-corrected chi connectivity index (χ3v) is 5.13. The molecule has 1 fully saturated rings. The maximum absolute atomic E-state index is 11.5. The second kappa shape index (κ2) is 5.30. The molecule has 0 radical (unpaired) electrons. The van der Waals surface area contributed by atoms with E-state index >= 15 is 0 Å². The van der Waals surface area contributed by atoms with Crippen LogP contribution in [-0.2, 0) is 9.59 Å². The molecule has 3 rings (SSSR count). The molecule has 0 spiro atoms. The van der Waals surface area contributed by atoms with Crippen molar-refractivity contribution >= 4 is 45.1 Å². The number of benzene rings is 1. The van der Waals surface area contributed by atoms with E-state index in [1.165, 1.54) is 9.60 Å². The standard InChI is InChI=1S/C13H12N2O2S2/c16-11-5-6-12(17)15(11)7-8-18-13-14-9-3-1-2-4-10(9)19-13/h1-4H,5-8H2. The molecule has 2 heterocycles. The summed E-state index contributed by atoms with van der Waals surface area (Å²) >= 11 is 3.24. The van der Waals surface area contributed by atoms with Crippen molar-refractivity contribution < 1.29 is 9.59 Å². The van der Waals surface area contributed by atoms with Gasteiger partial charge < -0.3 is 0 Å². The maximum atomic E-state index is 11.5. The molecular formula is C13H12N2O2S2. The molecule has 4 nitrogen and oxygen atoms in total. The topological polar surface area (TPSA) is 50.3 Å². The highest BCUT2D eigenvalue weighted by Crippen LogP contribution is 2.29. The van der Waals surface area contributed by atoms with Gasteiger partial charge in [-0.2, -0.15) is 0 Å². The van der Waals surface area contributed by atoms with E-state index in [2.05, 4.69) is 4.98 Å². The fourth-order valence-corrected chi connectivity index (χ4v) is 4.07. The quantitative estimate of drug-likeness (QED) is 0.642. The Morgan fingerprint density at radius 2 is 1.95 bits per heavy atom. The Labute approximate surface area is 118 Å². The summed E-state index contributed by atoms with van der Waals surface area (Å²) in [5.41, 5.74) is 1.00. The number of hydrogen-bond acceptors (Lipinski definition) is 5. The SMILES string of the molecule is O=C1CCC(=O)N1CCSc1nc2ccccc2s1. The van der Waals surface area contributed by atoms with E-state index < -0.39 is 0 Å². The van der Waals surface area contributed by atoms with Crippen LogP contribution in [0.5, 0.6) is 0 Å². The van der Waals surface area contributed by atoms with Crippen molar-refractivity contribution in [2.75, 3.05) is 12.3 Å². The number of aromatic nitrogens is 1. The lowest BCUT2D eigenvalue weighted by molar-refractivity contribution is -0.137. The number of amides is 2. The number of para-hydroxylation sites is 1. The van der Waals surface area contributed by atoms with Crippen molar-refractivity contribution in [1.29, 1.82) is 0 Å². The normalized spacial score (nSPS) is 15.7. The second-order valence-electron chi connectivity index (χ2n) is 4.24. The van der Waals surface area contributed by atoms with Crippen molar-refractivity contribution in [1.82, 2.24) is 9.88 Å². The molecule has 2 aromatic rings. The van der Waals surface area contributed by atoms with Crippen LogP contribution in [0, 0.1) is 0 Å². The van der Waals surface area contributed by atoms with E-state index in [0.717, 1.165) is 9.86 Å². The van der Waals surface area contributed by atoms with Gasteiger partial charge in [0.2, 0.25) is 11.8 Å². The average molecular weight is 292 g/mol. The molecule has 0 N–H and O–H groups in total. The predicted octanol–water partition coefficient (Wildman–Crippen LogP) is 2.54. The summed E-state index contributed by atoms with van der Waals surface area (Å²) in [5.74, 6) is 0.613. The largest absolute Gasteiger partial charge is 0.282 e. The van der Waals surface area contributed by atoms with E-state index in [4.69, 9.17) is 0 Å². The van der Waals surface area contributed by atoms with Crippen molar-refractivity contribution in [3.63, 3.8) is 0 Å². The highest BCUT2D eigenvalue weighted by atomic mass is 32.2. The van der Waals surface area contributed by atoms with Gasteiger partial charge in [0.15, 0.2) is 4.34 Å². The summed E-state index contributed by atoms with van der Waals surface area (Å²) in [6.45, 7) is 0.484. The maximum Gasteiger partial charge on any atom is 0.229 e. The van der Waals surface area contributed by atoms with Gasteiger partial charge in [0.1, 0.15) is 0 Å². The van der Waals surface area contributed by atoms with Crippen LogP contribution < -0.4 is 0 Å². The number of thiazole rings is 1. The smallest absolute Gasteiger partial charge is 0.229 e. The molecule has 0 atom stereocenters. The van der Waals surface area contributed by atoms with E-state index in [0.29, 0.717) is 25.1 Å². The number of fused-ring (bicyclic) bond motifs is 1. The van der Waals surface area contributed by atoms with E-state index in [1.54, 1.807) is 23.1 Å². The van der Waals surface area contributed by atoms with Crippen LogP contribution in [0.2, 0.25) is 0 Å². The number of imide groups is 1. The first-order valence-corrected chi connectivity index (χ1v) is 7.86. The lowest BCUT2D eigenvalue weighted by atomic mass is 10.3. The number of rotatable bonds is 4. The molecule has 6 heteroatoms. The number of carbonyl (C=O) groups is 2. The van der Waals surface area contributed by atoms with Crippen molar-refractivity contribution in [2.45, 2.75) is 17.2 Å². The zero-order valence-electron chi connectivity index (χ0n) is 10.2. The highest BCUT2D eigenvalue weighted by molar-refractivity contribution is 8.01. The van der Waals surface area contributed by atoms with E-state index in [9.17, 15) is 9.59 Å². The molecule has 1 aliphatic rings. The second-order valence-corrected chi connectivity index (χ2v) is 6.61. The lowest BCUT2D eigenvalue weighted by Gasteiger charge is -2.12.